The summed E-state index contributed by atoms with van der Waals surface area (Å²) in [6.07, 6.45) is 0.761. The third kappa shape index (κ3) is 4.24. The van der Waals surface area contributed by atoms with Gasteiger partial charge in [0.15, 0.2) is 0 Å². The van der Waals surface area contributed by atoms with Crippen LogP contribution >= 0.6 is 0 Å². The number of benzene rings is 1. The van der Waals surface area contributed by atoms with Crippen molar-refractivity contribution in [3.05, 3.63) is 29.8 Å². The molecule has 1 rings (SSSR count). The molecule has 2 N–H and O–H groups in total. The van der Waals surface area contributed by atoms with Gasteiger partial charge in [0.2, 0.25) is 5.91 Å². The molecule has 0 heterocycles. The summed E-state index contributed by atoms with van der Waals surface area (Å²) in [6.45, 7) is 4.55. The Kier molecular flexibility index (Phi) is 5.83. The second-order valence-electron chi connectivity index (χ2n) is 5.09. The molecule has 0 bridgehead atoms. The molecule has 0 unspecified atom stereocenters. The fourth-order valence-corrected chi connectivity index (χ4v) is 1.85. The summed E-state index contributed by atoms with van der Waals surface area (Å²) >= 11 is 0. The molecule has 0 aromatic heterocycles. The van der Waals surface area contributed by atoms with Crippen LogP contribution in [0.4, 0.5) is 0 Å². The average molecular weight is 264 g/mol. The lowest BCUT2D eigenvalue weighted by Crippen LogP contribution is -2.45. The summed E-state index contributed by atoms with van der Waals surface area (Å²) in [4.78, 5) is 13.7. The maximum Gasteiger partial charge on any atom is 0.239 e. The SMILES string of the molecule is COc1ccccc1CCN(C)C(=O)[C@@H](N)C(C)C. The normalized spacial score (nSPS) is 12.3. The number of hydrogen-bond donors (Lipinski definition) is 1. The van der Waals surface area contributed by atoms with Gasteiger partial charge in [0.1, 0.15) is 5.75 Å². The number of nitrogens with two attached hydrogens (primary N) is 1. The van der Waals surface area contributed by atoms with Crippen LogP contribution in [0.2, 0.25) is 0 Å². The first kappa shape index (κ1) is 15.5. The lowest BCUT2D eigenvalue weighted by molar-refractivity contribution is -0.132. The van der Waals surface area contributed by atoms with E-state index in [2.05, 4.69) is 0 Å². The molecule has 4 nitrogen and oxygen atoms in total. The highest BCUT2D eigenvalue weighted by atomic mass is 16.5. The first-order valence-corrected chi connectivity index (χ1v) is 6.59. The molecular formula is C15H24N2O2. The van der Waals surface area contributed by atoms with Crippen LogP contribution in [0.15, 0.2) is 24.3 Å². The zero-order valence-corrected chi connectivity index (χ0v) is 12.2. The van der Waals surface area contributed by atoms with Gasteiger partial charge in [-0.15, -0.1) is 0 Å². The Morgan fingerprint density at radius 2 is 2.00 bits per heavy atom. The predicted molar refractivity (Wildman–Crippen MR) is 77.1 cm³/mol. The molecule has 0 radical (unpaired) electrons. The van der Waals surface area contributed by atoms with Crippen molar-refractivity contribution in [2.75, 3.05) is 20.7 Å². The van der Waals surface area contributed by atoms with E-state index in [9.17, 15) is 4.79 Å². The van der Waals surface area contributed by atoms with E-state index in [0.29, 0.717) is 6.54 Å². The number of nitrogens with zero attached hydrogens (tertiary/aromatic N) is 1. The highest BCUT2D eigenvalue weighted by molar-refractivity contribution is 5.81. The summed E-state index contributed by atoms with van der Waals surface area (Å²) in [5, 5.41) is 0. The number of methoxy groups -OCH3 is 1. The summed E-state index contributed by atoms with van der Waals surface area (Å²) in [6, 6.07) is 7.42. The summed E-state index contributed by atoms with van der Waals surface area (Å²) < 4.78 is 5.30. The summed E-state index contributed by atoms with van der Waals surface area (Å²) in [7, 11) is 3.45. The summed E-state index contributed by atoms with van der Waals surface area (Å²) in [5.74, 6) is 1.00. The Balaban J connectivity index is 2.59. The molecule has 0 spiro atoms. The monoisotopic (exact) mass is 264 g/mol. The molecular weight excluding hydrogens is 240 g/mol. The molecule has 1 aromatic carbocycles. The largest absolute Gasteiger partial charge is 0.496 e. The Morgan fingerprint density at radius 1 is 1.37 bits per heavy atom. The summed E-state index contributed by atoms with van der Waals surface area (Å²) in [5.41, 5.74) is 6.97. The van der Waals surface area contributed by atoms with Gasteiger partial charge in [-0.3, -0.25) is 4.79 Å². The zero-order chi connectivity index (χ0) is 14.4. The van der Waals surface area contributed by atoms with Gasteiger partial charge in [0.25, 0.3) is 0 Å². The van der Waals surface area contributed by atoms with Crippen molar-refractivity contribution in [3.63, 3.8) is 0 Å². The van der Waals surface area contributed by atoms with E-state index < -0.39 is 6.04 Å². The van der Waals surface area contributed by atoms with Gasteiger partial charge in [0.05, 0.1) is 13.2 Å². The molecule has 0 aliphatic heterocycles. The minimum atomic E-state index is -0.428. The molecule has 1 aromatic rings. The van der Waals surface area contributed by atoms with E-state index in [1.165, 1.54) is 0 Å². The number of rotatable bonds is 6. The van der Waals surface area contributed by atoms with E-state index in [1.54, 1.807) is 19.1 Å². The van der Waals surface area contributed by atoms with Crippen molar-refractivity contribution in [2.45, 2.75) is 26.3 Å². The molecule has 1 atom stereocenters. The van der Waals surface area contributed by atoms with E-state index in [0.717, 1.165) is 17.7 Å². The van der Waals surface area contributed by atoms with Crippen LogP contribution in [-0.4, -0.2) is 37.6 Å². The number of hydrogen-bond acceptors (Lipinski definition) is 3. The Hall–Kier alpha value is -1.55. The fraction of sp³-hybridized carbons (Fsp3) is 0.533. The Morgan fingerprint density at radius 3 is 2.58 bits per heavy atom. The number of carbonyl (C=O) groups is 1. The molecule has 1 amide bonds. The van der Waals surface area contributed by atoms with Gasteiger partial charge in [-0.25, -0.2) is 0 Å². The van der Waals surface area contributed by atoms with Gasteiger partial charge in [-0.1, -0.05) is 32.0 Å². The first-order chi connectivity index (χ1) is 8.97. The van der Waals surface area contributed by atoms with Crippen LogP contribution in [0.5, 0.6) is 5.75 Å². The van der Waals surface area contributed by atoms with Crippen molar-refractivity contribution in [1.82, 2.24) is 4.90 Å². The van der Waals surface area contributed by atoms with Gasteiger partial charge >= 0.3 is 0 Å². The van der Waals surface area contributed by atoms with Crippen LogP contribution in [0, 0.1) is 5.92 Å². The van der Waals surface area contributed by atoms with Crippen molar-refractivity contribution >= 4 is 5.91 Å². The van der Waals surface area contributed by atoms with Crippen molar-refractivity contribution < 1.29 is 9.53 Å². The quantitative estimate of drug-likeness (QED) is 0.850. The predicted octanol–water partition coefficient (Wildman–Crippen LogP) is 1.68. The zero-order valence-electron chi connectivity index (χ0n) is 12.2. The van der Waals surface area contributed by atoms with Crippen LogP contribution in [-0.2, 0) is 11.2 Å². The standard InChI is InChI=1S/C15H24N2O2/c1-11(2)14(16)15(18)17(3)10-9-12-7-5-6-8-13(12)19-4/h5-8,11,14H,9-10,16H2,1-4H3/t14-/m0/s1. The van der Waals surface area contributed by atoms with Gasteiger partial charge in [-0.2, -0.15) is 0 Å². The number of para-hydroxylation sites is 1. The second-order valence-corrected chi connectivity index (χ2v) is 5.09. The van der Waals surface area contributed by atoms with Crippen molar-refractivity contribution in [1.29, 1.82) is 0 Å². The van der Waals surface area contributed by atoms with E-state index in [-0.39, 0.29) is 11.8 Å². The van der Waals surface area contributed by atoms with Gasteiger partial charge in [0, 0.05) is 13.6 Å². The third-order valence-electron chi connectivity index (χ3n) is 3.29. The first-order valence-electron chi connectivity index (χ1n) is 6.59. The maximum atomic E-state index is 12.0. The van der Waals surface area contributed by atoms with Crippen LogP contribution in [0.25, 0.3) is 0 Å². The number of likely N-dealkylation sites (N-methyl/N-ethyl adjacent to an activating group) is 1. The Labute approximate surface area is 115 Å². The highest BCUT2D eigenvalue weighted by Gasteiger charge is 2.20. The highest BCUT2D eigenvalue weighted by Crippen LogP contribution is 2.18. The molecule has 106 valence electrons. The molecule has 0 saturated carbocycles. The van der Waals surface area contributed by atoms with Crippen molar-refractivity contribution in [2.24, 2.45) is 11.7 Å². The number of amides is 1. The minimum absolute atomic E-state index is 0.00935. The van der Waals surface area contributed by atoms with Gasteiger partial charge < -0.3 is 15.4 Å². The topological polar surface area (TPSA) is 55.6 Å². The molecule has 0 aliphatic rings. The number of ether oxygens (including phenoxy) is 1. The fourth-order valence-electron chi connectivity index (χ4n) is 1.85. The van der Waals surface area contributed by atoms with Crippen molar-refractivity contribution in [3.8, 4) is 5.75 Å². The molecule has 19 heavy (non-hydrogen) atoms. The maximum absolute atomic E-state index is 12.0. The molecule has 0 saturated heterocycles. The van der Waals surface area contributed by atoms with Gasteiger partial charge in [-0.05, 0) is 24.0 Å². The van der Waals surface area contributed by atoms with Crippen LogP contribution < -0.4 is 10.5 Å². The lowest BCUT2D eigenvalue weighted by Gasteiger charge is -2.23. The van der Waals surface area contributed by atoms with Crippen LogP contribution in [0.3, 0.4) is 0 Å². The van der Waals surface area contributed by atoms with E-state index in [1.807, 2.05) is 38.1 Å². The minimum Gasteiger partial charge on any atom is -0.496 e. The molecule has 0 aliphatic carbocycles. The molecule has 0 fully saturated rings. The number of carbonyl (C=O) groups excluding carboxylic acids is 1. The van der Waals surface area contributed by atoms with E-state index in [4.69, 9.17) is 10.5 Å². The third-order valence-corrected chi connectivity index (χ3v) is 3.29. The average Bonchev–Trinajstić information content (AvgIpc) is 2.43. The second kappa shape index (κ2) is 7.14. The Bertz CT molecular complexity index is 418. The van der Waals surface area contributed by atoms with E-state index >= 15 is 0 Å². The molecule has 4 heteroatoms. The van der Waals surface area contributed by atoms with Crippen LogP contribution in [0.1, 0.15) is 19.4 Å². The lowest BCUT2D eigenvalue weighted by atomic mass is 10.0. The smallest absolute Gasteiger partial charge is 0.239 e.